The minimum Gasteiger partial charge on any atom is -0.483 e. The molecule has 0 radical (unpaired) electrons. The molecule has 0 aliphatic heterocycles. The fourth-order valence-corrected chi connectivity index (χ4v) is 1.93. The van der Waals surface area contributed by atoms with Crippen molar-refractivity contribution in [3.63, 3.8) is 0 Å². The van der Waals surface area contributed by atoms with Crippen molar-refractivity contribution in [2.24, 2.45) is 0 Å². The maximum absolute atomic E-state index is 11.8. The molecule has 1 rings (SSSR count). The van der Waals surface area contributed by atoms with Crippen molar-refractivity contribution in [2.75, 3.05) is 13.2 Å². The van der Waals surface area contributed by atoms with Gasteiger partial charge in [0, 0.05) is 29.2 Å². The van der Waals surface area contributed by atoms with E-state index < -0.39 is 0 Å². The Labute approximate surface area is 143 Å². The van der Waals surface area contributed by atoms with Crippen LogP contribution in [0.3, 0.4) is 0 Å². The van der Waals surface area contributed by atoms with E-state index in [1.807, 2.05) is 26.8 Å². The monoisotopic (exact) mass is 346 g/mol. The molecular formula is C16H24Cl2N2O2. The summed E-state index contributed by atoms with van der Waals surface area (Å²) in [6, 6.07) is 5.35. The van der Waals surface area contributed by atoms with Gasteiger partial charge in [0.05, 0.1) is 0 Å². The summed E-state index contributed by atoms with van der Waals surface area (Å²) in [6.45, 7) is 10.7. The second kappa shape index (κ2) is 9.72. The van der Waals surface area contributed by atoms with Crippen molar-refractivity contribution in [1.29, 1.82) is 0 Å². The predicted octanol–water partition coefficient (Wildman–Crippen LogP) is 3.33. The topological polar surface area (TPSA) is 50.4 Å². The summed E-state index contributed by atoms with van der Waals surface area (Å²) in [7, 11) is 0. The van der Waals surface area contributed by atoms with Crippen LogP contribution in [0.5, 0.6) is 5.75 Å². The van der Waals surface area contributed by atoms with E-state index in [1.165, 1.54) is 0 Å². The van der Waals surface area contributed by atoms with Crippen molar-refractivity contribution in [3.8, 4) is 5.75 Å². The number of hydrogen-bond donors (Lipinski definition) is 2. The molecule has 1 aromatic rings. The van der Waals surface area contributed by atoms with Gasteiger partial charge in [-0.25, -0.2) is 0 Å². The second-order valence-electron chi connectivity index (χ2n) is 5.76. The van der Waals surface area contributed by atoms with Crippen LogP contribution in [0.25, 0.3) is 0 Å². The predicted molar refractivity (Wildman–Crippen MR) is 94.0 cm³/mol. The standard InChI is InChI=1S/C16H23ClN2O2.ClH/c1-5-8-18-10-12-9-13(17)6-7-14(12)21-11-15(20)19-16(2,3)4;/h5-7,9,18H,1,8,10-11H2,2-4H3,(H,19,20);1H. The molecule has 4 nitrogen and oxygen atoms in total. The number of amides is 1. The van der Waals surface area contributed by atoms with E-state index in [4.69, 9.17) is 16.3 Å². The van der Waals surface area contributed by atoms with Crippen molar-refractivity contribution >= 4 is 29.9 Å². The van der Waals surface area contributed by atoms with E-state index in [0.29, 0.717) is 23.9 Å². The van der Waals surface area contributed by atoms with Crippen LogP contribution in [0.15, 0.2) is 30.9 Å². The van der Waals surface area contributed by atoms with Gasteiger partial charge < -0.3 is 15.4 Å². The summed E-state index contributed by atoms with van der Waals surface area (Å²) in [5.74, 6) is 0.502. The number of carbonyl (C=O) groups excluding carboxylic acids is 1. The van der Waals surface area contributed by atoms with Gasteiger partial charge in [0.25, 0.3) is 5.91 Å². The third kappa shape index (κ3) is 8.27. The molecule has 0 spiro atoms. The first-order valence-corrected chi connectivity index (χ1v) is 7.23. The van der Waals surface area contributed by atoms with Crippen molar-refractivity contribution in [1.82, 2.24) is 10.6 Å². The van der Waals surface area contributed by atoms with Crippen molar-refractivity contribution in [3.05, 3.63) is 41.4 Å². The Balaban J connectivity index is 0.00000441. The number of rotatable bonds is 7. The van der Waals surface area contributed by atoms with E-state index in [0.717, 1.165) is 5.56 Å². The lowest BCUT2D eigenvalue weighted by atomic mass is 10.1. The van der Waals surface area contributed by atoms with Crippen LogP contribution in [0.4, 0.5) is 0 Å². The van der Waals surface area contributed by atoms with Gasteiger partial charge in [-0.2, -0.15) is 0 Å². The molecule has 1 amide bonds. The van der Waals surface area contributed by atoms with Gasteiger partial charge in [-0.1, -0.05) is 17.7 Å². The molecule has 0 bridgehead atoms. The van der Waals surface area contributed by atoms with Crippen LogP contribution >= 0.6 is 24.0 Å². The SMILES string of the molecule is C=CCNCc1cc(Cl)ccc1OCC(=O)NC(C)(C)C.Cl. The zero-order chi connectivity index (χ0) is 15.9. The highest BCUT2D eigenvalue weighted by Gasteiger charge is 2.14. The summed E-state index contributed by atoms with van der Waals surface area (Å²) in [4.78, 5) is 11.8. The molecule has 0 aliphatic rings. The summed E-state index contributed by atoms with van der Waals surface area (Å²) >= 11 is 6.00. The molecule has 0 saturated heterocycles. The Bertz CT molecular complexity index is 499. The summed E-state index contributed by atoms with van der Waals surface area (Å²) in [5, 5.41) is 6.68. The zero-order valence-corrected chi connectivity index (χ0v) is 14.8. The molecule has 0 atom stereocenters. The number of hydrogen-bond acceptors (Lipinski definition) is 3. The van der Waals surface area contributed by atoms with Gasteiger partial charge in [0.2, 0.25) is 0 Å². The number of nitrogens with one attached hydrogen (secondary N) is 2. The largest absolute Gasteiger partial charge is 0.483 e. The second-order valence-corrected chi connectivity index (χ2v) is 6.19. The number of benzene rings is 1. The van der Waals surface area contributed by atoms with Gasteiger partial charge in [-0.05, 0) is 39.0 Å². The molecule has 22 heavy (non-hydrogen) atoms. The first-order valence-electron chi connectivity index (χ1n) is 6.85. The number of halogens is 2. The van der Waals surface area contributed by atoms with E-state index in [9.17, 15) is 4.79 Å². The first kappa shape index (κ1) is 20.8. The molecule has 0 saturated carbocycles. The van der Waals surface area contributed by atoms with Crippen LogP contribution in [-0.4, -0.2) is 24.6 Å². The lowest BCUT2D eigenvalue weighted by Crippen LogP contribution is -2.43. The van der Waals surface area contributed by atoms with E-state index >= 15 is 0 Å². The van der Waals surface area contributed by atoms with Gasteiger partial charge in [0.15, 0.2) is 6.61 Å². The molecule has 0 aliphatic carbocycles. The lowest BCUT2D eigenvalue weighted by molar-refractivity contribution is -0.124. The third-order valence-electron chi connectivity index (χ3n) is 2.50. The average Bonchev–Trinajstić information content (AvgIpc) is 2.36. The highest BCUT2D eigenvalue weighted by Crippen LogP contribution is 2.22. The Morgan fingerprint density at radius 3 is 2.68 bits per heavy atom. The fraction of sp³-hybridized carbons (Fsp3) is 0.438. The summed E-state index contributed by atoms with van der Waals surface area (Å²) < 4.78 is 5.59. The number of carbonyl (C=O) groups is 1. The Hall–Kier alpha value is -1.23. The smallest absolute Gasteiger partial charge is 0.258 e. The van der Waals surface area contributed by atoms with Crippen LogP contribution < -0.4 is 15.4 Å². The lowest BCUT2D eigenvalue weighted by Gasteiger charge is -2.21. The molecule has 0 heterocycles. The molecule has 6 heteroatoms. The Kier molecular flexibility index (Phi) is 9.18. The van der Waals surface area contributed by atoms with Gasteiger partial charge in [-0.3, -0.25) is 4.79 Å². The average molecular weight is 347 g/mol. The molecule has 124 valence electrons. The molecular weight excluding hydrogens is 323 g/mol. The fourth-order valence-electron chi connectivity index (χ4n) is 1.73. The molecule has 1 aromatic carbocycles. The zero-order valence-electron chi connectivity index (χ0n) is 13.2. The molecule has 0 fully saturated rings. The van der Waals surface area contributed by atoms with E-state index in [1.54, 1.807) is 18.2 Å². The van der Waals surface area contributed by atoms with Gasteiger partial charge in [-0.15, -0.1) is 19.0 Å². The van der Waals surface area contributed by atoms with E-state index in [-0.39, 0.29) is 30.5 Å². The van der Waals surface area contributed by atoms with Crippen LogP contribution in [-0.2, 0) is 11.3 Å². The highest BCUT2D eigenvalue weighted by atomic mass is 35.5. The van der Waals surface area contributed by atoms with Crippen LogP contribution in [0, 0.1) is 0 Å². The van der Waals surface area contributed by atoms with E-state index in [2.05, 4.69) is 17.2 Å². The highest BCUT2D eigenvalue weighted by molar-refractivity contribution is 6.30. The van der Waals surface area contributed by atoms with Crippen LogP contribution in [0.2, 0.25) is 5.02 Å². The Morgan fingerprint density at radius 1 is 1.41 bits per heavy atom. The normalized spacial score (nSPS) is 10.5. The minimum absolute atomic E-state index is 0. The summed E-state index contributed by atoms with van der Waals surface area (Å²) in [6.07, 6.45) is 1.78. The maximum atomic E-state index is 11.8. The Morgan fingerprint density at radius 2 is 2.09 bits per heavy atom. The van der Waals surface area contributed by atoms with Crippen molar-refractivity contribution in [2.45, 2.75) is 32.9 Å². The number of ether oxygens (including phenoxy) is 1. The van der Waals surface area contributed by atoms with Gasteiger partial charge in [0.1, 0.15) is 5.75 Å². The van der Waals surface area contributed by atoms with Crippen molar-refractivity contribution < 1.29 is 9.53 Å². The molecule has 2 N–H and O–H groups in total. The minimum atomic E-state index is -0.269. The summed E-state index contributed by atoms with van der Waals surface area (Å²) in [5.41, 5.74) is 0.641. The third-order valence-corrected chi connectivity index (χ3v) is 2.73. The first-order chi connectivity index (χ1) is 9.81. The quantitative estimate of drug-likeness (QED) is 0.588. The van der Waals surface area contributed by atoms with Crippen LogP contribution in [0.1, 0.15) is 26.3 Å². The van der Waals surface area contributed by atoms with Gasteiger partial charge >= 0.3 is 0 Å². The maximum Gasteiger partial charge on any atom is 0.258 e. The molecule has 0 unspecified atom stereocenters. The molecule has 0 aromatic heterocycles.